The number of carbonyl (C=O) groups is 1. The normalized spacial score (nSPS) is 8.11. The molecule has 0 radical (unpaired) electrons. The SMILES string of the molecule is C=CCONC(=O)NC. The van der Waals surface area contributed by atoms with Crippen molar-refractivity contribution in [1.82, 2.24) is 10.8 Å². The molecule has 9 heavy (non-hydrogen) atoms. The van der Waals surface area contributed by atoms with E-state index in [4.69, 9.17) is 0 Å². The predicted octanol–water partition coefficient (Wildman–Crippen LogP) is 0.0330. The second-order valence-electron chi connectivity index (χ2n) is 1.28. The molecular weight excluding hydrogens is 120 g/mol. The van der Waals surface area contributed by atoms with Crippen LogP contribution in [0.1, 0.15) is 0 Å². The first-order valence-corrected chi connectivity index (χ1v) is 2.51. The lowest BCUT2D eigenvalue weighted by Gasteiger charge is -2.00. The summed E-state index contributed by atoms with van der Waals surface area (Å²) >= 11 is 0. The van der Waals surface area contributed by atoms with E-state index in [1.54, 1.807) is 0 Å². The van der Waals surface area contributed by atoms with Crippen LogP contribution in [0.2, 0.25) is 0 Å². The van der Waals surface area contributed by atoms with E-state index in [9.17, 15) is 4.79 Å². The summed E-state index contributed by atoms with van der Waals surface area (Å²) in [7, 11) is 1.51. The number of amides is 2. The van der Waals surface area contributed by atoms with Gasteiger partial charge in [-0.15, -0.1) is 6.58 Å². The molecule has 0 saturated carbocycles. The summed E-state index contributed by atoms with van der Waals surface area (Å²) in [4.78, 5) is 14.9. The van der Waals surface area contributed by atoms with Crippen LogP contribution in [0, 0.1) is 0 Å². The molecule has 0 aliphatic rings. The van der Waals surface area contributed by atoms with Crippen LogP contribution in [0.25, 0.3) is 0 Å². The van der Waals surface area contributed by atoms with Gasteiger partial charge < -0.3 is 5.32 Å². The Bertz CT molecular complexity index is 103. The van der Waals surface area contributed by atoms with Gasteiger partial charge in [-0.2, -0.15) is 0 Å². The van der Waals surface area contributed by atoms with Crippen LogP contribution in [0.5, 0.6) is 0 Å². The minimum atomic E-state index is -0.364. The minimum Gasteiger partial charge on any atom is -0.339 e. The third-order valence-electron chi connectivity index (χ3n) is 0.593. The van der Waals surface area contributed by atoms with E-state index in [2.05, 4.69) is 22.2 Å². The number of hydroxylamine groups is 1. The largest absolute Gasteiger partial charge is 0.339 e. The zero-order valence-electron chi connectivity index (χ0n) is 5.31. The molecule has 0 rings (SSSR count). The number of hydrogen-bond acceptors (Lipinski definition) is 2. The molecule has 0 spiro atoms. The highest BCUT2D eigenvalue weighted by Crippen LogP contribution is 1.67. The van der Waals surface area contributed by atoms with Crippen LogP contribution in [-0.4, -0.2) is 19.7 Å². The van der Waals surface area contributed by atoms with Crippen molar-refractivity contribution in [2.45, 2.75) is 0 Å². The summed E-state index contributed by atoms with van der Waals surface area (Å²) in [6.45, 7) is 3.70. The topological polar surface area (TPSA) is 50.4 Å². The summed E-state index contributed by atoms with van der Waals surface area (Å²) < 4.78 is 0. The van der Waals surface area contributed by atoms with Crippen molar-refractivity contribution < 1.29 is 9.63 Å². The summed E-state index contributed by atoms with van der Waals surface area (Å²) in [5.74, 6) is 0. The Hall–Kier alpha value is -1.03. The first-order valence-electron chi connectivity index (χ1n) is 2.51. The Kier molecular flexibility index (Phi) is 4.53. The Morgan fingerprint density at radius 2 is 2.56 bits per heavy atom. The highest BCUT2D eigenvalue weighted by Gasteiger charge is 1.90. The fourth-order valence-corrected chi connectivity index (χ4v) is 0.217. The highest BCUT2D eigenvalue weighted by molar-refractivity contribution is 5.72. The van der Waals surface area contributed by atoms with Gasteiger partial charge in [0.1, 0.15) is 0 Å². The van der Waals surface area contributed by atoms with Gasteiger partial charge in [0.05, 0.1) is 6.61 Å². The van der Waals surface area contributed by atoms with Gasteiger partial charge in [0.15, 0.2) is 0 Å². The maximum atomic E-state index is 10.3. The summed E-state index contributed by atoms with van der Waals surface area (Å²) in [6.07, 6.45) is 1.54. The molecule has 2 N–H and O–H groups in total. The van der Waals surface area contributed by atoms with Crippen molar-refractivity contribution in [3.63, 3.8) is 0 Å². The van der Waals surface area contributed by atoms with Gasteiger partial charge in [0, 0.05) is 7.05 Å². The lowest BCUT2D eigenvalue weighted by Crippen LogP contribution is -2.32. The number of nitrogens with one attached hydrogen (secondary N) is 2. The molecule has 2 amide bonds. The molecule has 0 aliphatic carbocycles. The van der Waals surface area contributed by atoms with E-state index in [-0.39, 0.29) is 6.03 Å². The van der Waals surface area contributed by atoms with E-state index in [1.165, 1.54) is 13.1 Å². The van der Waals surface area contributed by atoms with Crippen molar-refractivity contribution >= 4 is 6.03 Å². The number of rotatable bonds is 3. The van der Waals surface area contributed by atoms with Crippen LogP contribution in [-0.2, 0) is 4.84 Å². The third kappa shape index (κ3) is 4.83. The van der Waals surface area contributed by atoms with Crippen LogP contribution in [0.3, 0.4) is 0 Å². The van der Waals surface area contributed by atoms with Crippen LogP contribution in [0.15, 0.2) is 12.7 Å². The predicted molar refractivity (Wildman–Crippen MR) is 33.7 cm³/mol. The molecule has 4 nitrogen and oxygen atoms in total. The van der Waals surface area contributed by atoms with Gasteiger partial charge in [-0.3, -0.25) is 4.84 Å². The molecule has 0 aromatic rings. The maximum Gasteiger partial charge on any atom is 0.338 e. The molecule has 0 aromatic carbocycles. The van der Waals surface area contributed by atoms with Gasteiger partial charge in [-0.05, 0) is 0 Å². The van der Waals surface area contributed by atoms with Crippen molar-refractivity contribution in [2.75, 3.05) is 13.7 Å². The number of carbonyl (C=O) groups excluding carboxylic acids is 1. The summed E-state index contributed by atoms with van der Waals surface area (Å²) in [5, 5.41) is 2.31. The van der Waals surface area contributed by atoms with Crippen molar-refractivity contribution in [3.8, 4) is 0 Å². The summed E-state index contributed by atoms with van der Waals surface area (Å²) in [6, 6.07) is -0.364. The number of urea groups is 1. The second-order valence-corrected chi connectivity index (χ2v) is 1.28. The molecule has 0 aliphatic heterocycles. The monoisotopic (exact) mass is 130 g/mol. The molecule has 0 bridgehead atoms. The van der Waals surface area contributed by atoms with Gasteiger partial charge >= 0.3 is 6.03 Å². The smallest absolute Gasteiger partial charge is 0.338 e. The van der Waals surface area contributed by atoms with Gasteiger partial charge in [0.25, 0.3) is 0 Å². The van der Waals surface area contributed by atoms with Gasteiger partial charge in [-0.1, -0.05) is 6.08 Å². The first-order chi connectivity index (χ1) is 4.31. The lowest BCUT2D eigenvalue weighted by molar-refractivity contribution is 0.0824. The molecule has 0 unspecified atom stereocenters. The number of hydrogen-bond donors (Lipinski definition) is 2. The fourth-order valence-electron chi connectivity index (χ4n) is 0.217. The Labute approximate surface area is 53.8 Å². The maximum absolute atomic E-state index is 10.3. The van der Waals surface area contributed by atoms with Crippen LogP contribution in [0.4, 0.5) is 4.79 Å². The van der Waals surface area contributed by atoms with Gasteiger partial charge in [0.2, 0.25) is 0 Å². The minimum absolute atomic E-state index is 0.313. The van der Waals surface area contributed by atoms with Crippen molar-refractivity contribution in [2.24, 2.45) is 0 Å². The van der Waals surface area contributed by atoms with E-state index in [0.29, 0.717) is 6.61 Å². The molecule has 4 heteroatoms. The van der Waals surface area contributed by atoms with E-state index >= 15 is 0 Å². The van der Waals surface area contributed by atoms with Crippen molar-refractivity contribution in [3.05, 3.63) is 12.7 Å². The fraction of sp³-hybridized carbons (Fsp3) is 0.400. The molecule has 0 aromatic heterocycles. The third-order valence-corrected chi connectivity index (χ3v) is 0.593. The second kappa shape index (κ2) is 5.11. The Morgan fingerprint density at radius 3 is 3.00 bits per heavy atom. The highest BCUT2D eigenvalue weighted by atomic mass is 16.7. The van der Waals surface area contributed by atoms with Crippen LogP contribution >= 0.6 is 0 Å². The van der Waals surface area contributed by atoms with E-state index < -0.39 is 0 Å². The quantitative estimate of drug-likeness (QED) is 0.322. The molecule has 0 heterocycles. The average molecular weight is 130 g/mol. The lowest BCUT2D eigenvalue weighted by atomic mass is 10.7. The van der Waals surface area contributed by atoms with Crippen molar-refractivity contribution in [1.29, 1.82) is 0 Å². The van der Waals surface area contributed by atoms with Crippen LogP contribution < -0.4 is 10.8 Å². The van der Waals surface area contributed by atoms with Gasteiger partial charge in [-0.25, -0.2) is 10.3 Å². The van der Waals surface area contributed by atoms with E-state index in [1.807, 2.05) is 0 Å². The standard InChI is InChI=1S/C5H10N2O2/c1-3-4-9-7-5(8)6-2/h3H,1,4H2,2H3,(H2,6,7,8). The zero-order valence-corrected chi connectivity index (χ0v) is 5.31. The molecule has 0 saturated heterocycles. The zero-order chi connectivity index (χ0) is 7.11. The molecule has 52 valence electrons. The first kappa shape index (κ1) is 7.97. The summed E-state index contributed by atoms with van der Waals surface area (Å²) in [5.41, 5.74) is 2.11. The average Bonchev–Trinajstić information content (AvgIpc) is 1.89. The molecule has 0 atom stereocenters. The molecular formula is C5H10N2O2. The molecule has 0 fully saturated rings. The Morgan fingerprint density at radius 1 is 1.89 bits per heavy atom. The van der Waals surface area contributed by atoms with E-state index in [0.717, 1.165) is 0 Å². The Balaban J connectivity index is 3.06.